The number of rotatable bonds is 7. The van der Waals surface area contributed by atoms with Gasteiger partial charge in [-0.25, -0.2) is 18.4 Å². The number of methoxy groups -OCH3 is 1. The molecule has 0 aliphatic rings. The van der Waals surface area contributed by atoms with Gasteiger partial charge < -0.3 is 20.7 Å². The number of aryl methyl sites for hydroxylation is 1. The minimum Gasteiger partial charge on any atom is -0.496 e. The molecule has 172 valence electrons. The molecule has 3 N–H and O–H groups in total. The van der Waals surface area contributed by atoms with E-state index in [1.807, 2.05) is 0 Å². The van der Waals surface area contributed by atoms with Crippen LogP contribution in [0.1, 0.15) is 26.3 Å². The Bertz CT molecular complexity index is 1320. The van der Waals surface area contributed by atoms with Crippen LogP contribution in [-0.2, 0) is 9.84 Å². The Morgan fingerprint density at radius 1 is 1.00 bits per heavy atom. The Labute approximate surface area is 191 Å². The second-order valence-electron chi connectivity index (χ2n) is 7.08. The molecule has 3 rings (SSSR count). The van der Waals surface area contributed by atoms with E-state index in [9.17, 15) is 18.0 Å². The van der Waals surface area contributed by atoms with E-state index < -0.39 is 15.7 Å². The topological polar surface area (TPSA) is 139 Å². The number of benzene rings is 2. The van der Waals surface area contributed by atoms with Gasteiger partial charge in [0.2, 0.25) is 15.0 Å². The van der Waals surface area contributed by atoms with Crippen LogP contribution in [0.2, 0.25) is 0 Å². The normalized spacial score (nSPS) is 10.9. The Balaban J connectivity index is 1.84. The SMILES string of the molecule is CNc1nc(S(C)(=O)=O)ncc1C(=O)Nc1cc(NC(=O)c2ccccc2OC)ccc1C. The summed E-state index contributed by atoms with van der Waals surface area (Å²) in [6, 6.07) is 11.9. The largest absolute Gasteiger partial charge is 0.496 e. The van der Waals surface area contributed by atoms with Crippen LogP contribution >= 0.6 is 0 Å². The molecule has 0 radical (unpaired) electrons. The van der Waals surface area contributed by atoms with Gasteiger partial charge in [-0.3, -0.25) is 9.59 Å². The molecule has 0 saturated heterocycles. The van der Waals surface area contributed by atoms with E-state index in [0.717, 1.165) is 18.0 Å². The van der Waals surface area contributed by atoms with Crippen LogP contribution in [0.3, 0.4) is 0 Å². The number of hydrogen-bond donors (Lipinski definition) is 3. The lowest BCUT2D eigenvalue weighted by Crippen LogP contribution is -2.18. The summed E-state index contributed by atoms with van der Waals surface area (Å²) in [7, 11) is -0.630. The predicted octanol–water partition coefficient (Wildman–Crippen LogP) is 2.74. The zero-order chi connectivity index (χ0) is 24.2. The number of carbonyl (C=O) groups excluding carboxylic acids is 2. The van der Waals surface area contributed by atoms with Gasteiger partial charge >= 0.3 is 0 Å². The first-order valence-corrected chi connectivity index (χ1v) is 11.6. The van der Waals surface area contributed by atoms with Gasteiger partial charge in [-0.05, 0) is 36.8 Å². The van der Waals surface area contributed by atoms with Gasteiger partial charge in [0.1, 0.15) is 17.1 Å². The van der Waals surface area contributed by atoms with Crippen molar-refractivity contribution >= 4 is 38.8 Å². The first-order valence-electron chi connectivity index (χ1n) is 9.75. The zero-order valence-corrected chi connectivity index (χ0v) is 19.3. The van der Waals surface area contributed by atoms with E-state index in [2.05, 4.69) is 25.9 Å². The third-order valence-corrected chi connectivity index (χ3v) is 5.53. The predicted molar refractivity (Wildman–Crippen MR) is 125 cm³/mol. The summed E-state index contributed by atoms with van der Waals surface area (Å²) in [6.07, 6.45) is 2.13. The first kappa shape index (κ1) is 23.7. The summed E-state index contributed by atoms with van der Waals surface area (Å²) in [4.78, 5) is 33.2. The van der Waals surface area contributed by atoms with Crippen molar-refractivity contribution in [1.82, 2.24) is 9.97 Å². The fourth-order valence-electron chi connectivity index (χ4n) is 2.96. The quantitative estimate of drug-likeness (QED) is 0.449. The number of amides is 2. The molecule has 2 aromatic carbocycles. The van der Waals surface area contributed by atoms with Crippen LogP contribution in [0.15, 0.2) is 53.8 Å². The van der Waals surface area contributed by atoms with Gasteiger partial charge in [0.05, 0.1) is 12.7 Å². The van der Waals surface area contributed by atoms with Crippen molar-refractivity contribution in [3.05, 3.63) is 65.4 Å². The lowest BCUT2D eigenvalue weighted by Gasteiger charge is -2.14. The number of hydrogen-bond acceptors (Lipinski definition) is 8. The second-order valence-corrected chi connectivity index (χ2v) is 8.98. The van der Waals surface area contributed by atoms with Crippen LogP contribution < -0.4 is 20.7 Å². The summed E-state index contributed by atoms with van der Waals surface area (Å²) >= 11 is 0. The Morgan fingerprint density at radius 2 is 1.70 bits per heavy atom. The van der Waals surface area contributed by atoms with E-state index in [-0.39, 0.29) is 22.4 Å². The Hall–Kier alpha value is -3.99. The minimum absolute atomic E-state index is 0.0627. The van der Waals surface area contributed by atoms with E-state index in [1.54, 1.807) is 49.4 Å². The molecule has 10 nitrogen and oxygen atoms in total. The maximum absolute atomic E-state index is 12.9. The summed E-state index contributed by atoms with van der Waals surface area (Å²) < 4.78 is 28.6. The van der Waals surface area contributed by atoms with Crippen molar-refractivity contribution < 1.29 is 22.7 Å². The Morgan fingerprint density at radius 3 is 2.36 bits per heavy atom. The fraction of sp³-hybridized carbons (Fsp3) is 0.182. The van der Waals surface area contributed by atoms with Crippen molar-refractivity contribution in [2.45, 2.75) is 12.1 Å². The smallest absolute Gasteiger partial charge is 0.261 e. The molecule has 1 aromatic heterocycles. The van der Waals surface area contributed by atoms with Crippen LogP contribution in [0.25, 0.3) is 0 Å². The van der Waals surface area contributed by atoms with Crippen molar-refractivity contribution in [2.24, 2.45) is 0 Å². The zero-order valence-electron chi connectivity index (χ0n) is 18.5. The monoisotopic (exact) mass is 469 g/mol. The van der Waals surface area contributed by atoms with E-state index in [1.165, 1.54) is 14.2 Å². The van der Waals surface area contributed by atoms with Crippen molar-refractivity contribution in [2.75, 3.05) is 36.4 Å². The average Bonchev–Trinajstić information content (AvgIpc) is 2.80. The maximum atomic E-state index is 12.9. The molecule has 11 heteroatoms. The van der Waals surface area contributed by atoms with Crippen LogP contribution in [-0.4, -0.2) is 50.6 Å². The van der Waals surface area contributed by atoms with Gasteiger partial charge in [-0.15, -0.1) is 0 Å². The molecular formula is C22H23N5O5S. The number of carbonyl (C=O) groups is 2. The third kappa shape index (κ3) is 5.44. The lowest BCUT2D eigenvalue weighted by atomic mass is 10.1. The van der Waals surface area contributed by atoms with Crippen LogP contribution in [0.4, 0.5) is 17.2 Å². The van der Waals surface area contributed by atoms with E-state index >= 15 is 0 Å². The van der Waals surface area contributed by atoms with E-state index in [4.69, 9.17) is 4.74 Å². The number of sulfone groups is 1. The highest BCUT2D eigenvalue weighted by molar-refractivity contribution is 7.90. The Kier molecular flexibility index (Phi) is 6.92. The second kappa shape index (κ2) is 9.65. The summed E-state index contributed by atoms with van der Waals surface area (Å²) in [5.41, 5.74) is 2.09. The number of nitrogens with zero attached hydrogens (tertiary/aromatic N) is 2. The molecular weight excluding hydrogens is 446 g/mol. The number of nitrogens with one attached hydrogen (secondary N) is 3. The number of aromatic nitrogens is 2. The highest BCUT2D eigenvalue weighted by atomic mass is 32.2. The molecule has 0 unspecified atom stereocenters. The highest BCUT2D eigenvalue weighted by Gasteiger charge is 2.19. The highest BCUT2D eigenvalue weighted by Crippen LogP contribution is 2.24. The molecule has 0 aliphatic heterocycles. The molecule has 0 bridgehead atoms. The minimum atomic E-state index is -3.63. The summed E-state index contributed by atoms with van der Waals surface area (Å²) in [5.74, 6) is -0.402. The molecule has 1 heterocycles. The molecule has 0 fully saturated rings. The molecule has 0 aliphatic carbocycles. The van der Waals surface area contributed by atoms with Crippen molar-refractivity contribution in [1.29, 1.82) is 0 Å². The van der Waals surface area contributed by atoms with Gasteiger partial charge in [0, 0.05) is 30.9 Å². The van der Waals surface area contributed by atoms with Gasteiger partial charge in [0.15, 0.2) is 0 Å². The van der Waals surface area contributed by atoms with E-state index in [0.29, 0.717) is 22.7 Å². The molecule has 3 aromatic rings. The maximum Gasteiger partial charge on any atom is 0.261 e. The van der Waals surface area contributed by atoms with Crippen molar-refractivity contribution in [3.8, 4) is 5.75 Å². The molecule has 0 spiro atoms. The van der Waals surface area contributed by atoms with Gasteiger partial charge in [0.25, 0.3) is 11.8 Å². The first-order chi connectivity index (χ1) is 15.6. The summed E-state index contributed by atoms with van der Waals surface area (Å²) in [6.45, 7) is 1.80. The van der Waals surface area contributed by atoms with Crippen LogP contribution in [0.5, 0.6) is 5.75 Å². The molecule has 2 amide bonds. The van der Waals surface area contributed by atoms with Gasteiger partial charge in [-0.2, -0.15) is 0 Å². The number of para-hydroxylation sites is 1. The third-order valence-electron chi connectivity index (χ3n) is 4.67. The summed E-state index contributed by atoms with van der Waals surface area (Å²) in [5, 5.41) is 7.86. The van der Waals surface area contributed by atoms with Crippen molar-refractivity contribution in [3.63, 3.8) is 0 Å². The molecule has 0 saturated carbocycles. The fourth-order valence-corrected chi connectivity index (χ4v) is 3.46. The molecule has 33 heavy (non-hydrogen) atoms. The number of ether oxygens (including phenoxy) is 1. The lowest BCUT2D eigenvalue weighted by molar-refractivity contribution is 0.101. The standard InChI is InChI=1S/C22H23N5O5S/c1-13-9-10-14(25-20(28)15-7-5-6-8-18(15)32-3)11-17(13)26-21(29)16-12-24-22(33(4,30)31)27-19(16)23-2/h5-12H,1-4H3,(H,25,28)(H,26,29)(H,23,24,27). The molecule has 0 atom stereocenters. The average molecular weight is 470 g/mol. The number of anilines is 3. The van der Waals surface area contributed by atoms with Crippen LogP contribution in [0, 0.1) is 6.92 Å². The van der Waals surface area contributed by atoms with Gasteiger partial charge in [-0.1, -0.05) is 18.2 Å².